The van der Waals surface area contributed by atoms with Crippen LogP contribution < -0.4 is 10.1 Å². The molecule has 17 heavy (non-hydrogen) atoms. The van der Waals surface area contributed by atoms with Gasteiger partial charge in [-0.25, -0.2) is 4.79 Å². The summed E-state index contributed by atoms with van der Waals surface area (Å²) < 4.78 is 5.04. The summed E-state index contributed by atoms with van der Waals surface area (Å²) >= 11 is 0. The third-order valence-corrected chi connectivity index (χ3v) is 1.98. The number of nitrogens with one attached hydrogen (secondary N) is 1. The van der Waals surface area contributed by atoms with Crippen molar-refractivity contribution in [2.75, 3.05) is 0 Å². The molecule has 0 atom stereocenters. The van der Waals surface area contributed by atoms with Crippen molar-refractivity contribution in [2.24, 2.45) is 0 Å². The van der Waals surface area contributed by atoms with E-state index in [4.69, 9.17) is 4.74 Å². The molecule has 1 aromatic heterocycles. The van der Waals surface area contributed by atoms with Gasteiger partial charge in [0.1, 0.15) is 5.75 Å². The second-order valence-electron chi connectivity index (χ2n) is 3.25. The molecule has 1 amide bonds. The number of rotatable bonds is 3. The van der Waals surface area contributed by atoms with Gasteiger partial charge in [-0.05, 0) is 12.1 Å². The molecule has 5 nitrogen and oxygen atoms in total. The van der Waals surface area contributed by atoms with E-state index < -0.39 is 6.09 Å². The Labute approximate surface area is 98.5 Å². The maximum Gasteiger partial charge on any atom is 0.412 e. The van der Waals surface area contributed by atoms with Crippen LogP contribution in [0, 0.1) is 0 Å². The summed E-state index contributed by atoms with van der Waals surface area (Å²) in [5.41, 5.74) is 0.678. The van der Waals surface area contributed by atoms with Gasteiger partial charge < -0.3 is 10.1 Å². The second kappa shape index (κ2) is 5.60. The highest BCUT2D eigenvalue weighted by Gasteiger charge is 2.03. The molecule has 0 saturated heterocycles. The summed E-state index contributed by atoms with van der Waals surface area (Å²) in [4.78, 5) is 19.3. The lowest BCUT2D eigenvalue weighted by atomic mass is 10.3. The monoisotopic (exact) mass is 229 g/mol. The van der Waals surface area contributed by atoms with Crippen LogP contribution >= 0.6 is 0 Å². The van der Waals surface area contributed by atoms with Crippen LogP contribution in [0.15, 0.2) is 48.9 Å². The Morgan fingerprint density at radius 3 is 2.76 bits per heavy atom. The van der Waals surface area contributed by atoms with Gasteiger partial charge in [0, 0.05) is 12.4 Å². The fourth-order valence-corrected chi connectivity index (χ4v) is 1.22. The van der Waals surface area contributed by atoms with Gasteiger partial charge in [0.25, 0.3) is 0 Å². The van der Waals surface area contributed by atoms with Crippen molar-refractivity contribution in [3.63, 3.8) is 0 Å². The molecule has 0 aliphatic heterocycles. The van der Waals surface area contributed by atoms with Crippen LogP contribution in [0.1, 0.15) is 5.69 Å². The highest BCUT2D eigenvalue weighted by atomic mass is 16.5. The van der Waals surface area contributed by atoms with E-state index in [2.05, 4.69) is 15.3 Å². The van der Waals surface area contributed by atoms with Gasteiger partial charge in [-0.15, -0.1) is 0 Å². The first-order chi connectivity index (χ1) is 8.34. The molecule has 0 radical (unpaired) electrons. The molecule has 2 aromatic rings. The summed E-state index contributed by atoms with van der Waals surface area (Å²) in [6.45, 7) is 0.291. The average Bonchev–Trinajstić information content (AvgIpc) is 2.39. The zero-order valence-corrected chi connectivity index (χ0v) is 9.04. The molecule has 2 rings (SSSR count). The second-order valence-corrected chi connectivity index (χ2v) is 3.25. The number of ether oxygens (including phenoxy) is 1. The highest BCUT2D eigenvalue weighted by molar-refractivity contribution is 5.70. The van der Waals surface area contributed by atoms with Crippen LogP contribution in [0.25, 0.3) is 0 Å². The van der Waals surface area contributed by atoms with Gasteiger partial charge in [0.15, 0.2) is 0 Å². The molecular weight excluding hydrogens is 218 g/mol. The van der Waals surface area contributed by atoms with E-state index in [1.165, 1.54) is 0 Å². The van der Waals surface area contributed by atoms with E-state index in [1.54, 1.807) is 42.9 Å². The first-order valence-electron chi connectivity index (χ1n) is 5.10. The summed E-state index contributed by atoms with van der Waals surface area (Å²) in [6.07, 6.45) is 4.22. The smallest absolute Gasteiger partial charge is 0.410 e. The first-order valence-corrected chi connectivity index (χ1v) is 5.10. The Hall–Kier alpha value is -2.43. The predicted octanol–water partition coefficient (Wildman–Crippen LogP) is 1.77. The van der Waals surface area contributed by atoms with Gasteiger partial charge in [-0.3, -0.25) is 9.97 Å². The molecule has 0 saturated carbocycles. The van der Waals surface area contributed by atoms with Crippen LogP contribution in [0.4, 0.5) is 4.79 Å². The van der Waals surface area contributed by atoms with Crippen LogP contribution in [0.2, 0.25) is 0 Å². The van der Waals surface area contributed by atoms with Crippen molar-refractivity contribution in [3.8, 4) is 5.75 Å². The number of hydrogen-bond acceptors (Lipinski definition) is 4. The largest absolute Gasteiger partial charge is 0.412 e. The number of carbonyl (C=O) groups excluding carboxylic acids is 1. The number of hydrogen-bond donors (Lipinski definition) is 1. The van der Waals surface area contributed by atoms with Crippen molar-refractivity contribution in [1.82, 2.24) is 15.3 Å². The van der Waals surface area contributed by atoms with Crippen molar-refractivity contribution in [1.29, 1.82) is 0 Å². The van der Waals surface area contributed by atoms with E-state index in [9.17, 15) is 4.79 Å². The van der Waals surface area contributed by atoms with E-state index >= 15 is 0 Å². The number of benzene rings is 1. The standard InChI is InChI=1S/C12H11N3O2/c16-12(17-11-4-2-1-3-5-11)15-9-10-8-13-6-7-14-10/h1-8H,9H2,(H,15,16). The molecule has 0 spiro atoms. The summed E-state index contributed by atoms with van der Waals surface area (Å²) in [6, 6.07) is 8.87. The maximum atomic E-state index is 11.4. The van der Waals surface area contributed by atoms with Crippen LogP contribution in [-0.2, 0) is 6.54 Å². The minimum absolute atomic E-state index is 0.291. The summed E-state index contributed by atoms with van der Waals surface area (Å²) in [5, 5.41) is 2.58. The number of para-hydroxylation sites is 1. The summed E-state index contributed by atoms with van der Waals surface area (Å²) in [5.74, 6) is 0.504. The molecule has 0 unspecified atom stereocenters. The number of carbonyl (C=O) groups is 1. The zero-order chi connectivity index (χ0) is 11.9. The third kappa shape index (κ3) is 3.57. The van der Waals surface area contributed by atoms with Crippen LogP contribution in [-0.4, -0.2) is 16.1 Å². The highest BCUT2D eigenvalue weighted by Crippen LogP contribution is 2.08. The quantitative estimate of drug-likeness (QED) is 0.871. The lowest BCUT2D eigenvalue weighted by Crippen LogP contribution is -2.26. The van der Waals surface area contributed by atoms with Gasteiger partial charge in [0.2, 0.25) is 0 Å². The molecule has 1 heterocycles. The zero-order valence-electron chi connectivity index (χ0n) is 9.04. The fraction of sp³-hybridized carbons (Fsp3) is 0.0833. The van der Waals surface area contributed by atoms with E-state index in [0.717, 1.165) is 0 Å². The van der Waals surface area contributed by atoms with E-state index in [1.807, 2.05) is 6.07 Å². The summed E-state index contributed by atoms with van der Waals surface area (Å²) in [7, 11) is 0. The van der Waals surface area contributed by atoms with Gasteiger partial charge in [-0.2, -0.15) is 0 Å². The van der Waals surface area contributed by atoms with Crippen LogP contribution in [0.5, 0.6) is 5.75 Å². The minimum atomic E-state index is -0.512. The molecule has 86 valence electrons. The lowest BCUT2D eigenvalue weighted by Gasteiger charge is -2.05. The van der Waals surface area contributed by atoms with Gasteiger partial charge in [0.05, 0.1) is 18.4 Å². The molecule has 0 aliphatic carbocycles. The van der Waals surface area contributed by atoms with E-state index in [-0.39, 0.29) is 0 Å². The van der Waals surface area contributed by atoms with E-state index in [0.29, 0.717) is 18.0 Å². The van der Waals surface area contributed by atoms with Gasteiger partial charge >= 0.3 is 6.09 Å². The Bertz CT molecular complexity index is 474. The molecule has 0 aliphatic rings. The molecule has 5 heteroatoms. The Kier molecular flexibility index (Phi) is 3.64. The molecular formula is C12H11N3O2. The van der Waals surface area contributed by atoms with Crippen molar-refractivity contribution in [2.45, 2.75) is 6.54 Å². The lowest BCUT2D eigenvalue weighted by molar-refractivity contribution is 0.200. The third-order valence-electron chi connectivity index (χ3n) is 1.98. The normalized spacial score (nSPS) is 9.65. The molecule has 0 bridgehead atoms. The van der Waals surface area contributed by atoms with Crippen molar-refractivity contribution in [3.05, 3.63) is 54.6 Å². The Balaban J connectivity index is 1.83. The van der Waals surface area contributed by atoms with Crippen LogP contribution in [0.3, 0.4) is 0 Å². The number of aromatic nitrogens is 2. The average molecular weight is 229 g/mol. The van der Waals surface area contributed by atoms with Crippen molar-refractivity contribution < 1.29 is 9.53 Å². The Morgan fingerprint density at radius 1 is 1.24 bits per heavy atom. The maximum absolute atomic E-state index is 11.4. The topological polar surface area (TPSA) is 64.1 Å². The Morgan fingerprint density at radius 2 is 2.06 bits per heavy atom. The minimum Gasteiger partial charge on any atom is -0.410 e. The number of nitrogens with zero attached hydrogens (tertiary/aromatic N) is 2. The fourth-order valence-electron chi connectivity index (χ4n) is 1.22. The number of amides is 1. The molecule has 1 N–H and O–H groups in total. The van der Waals surface area contributed by atoms with Gasteiger partial charge in [-0.1, -0.05) is 18.2 Å². The molecule has 0 fully saturated rings. The molecule has 1 aromatic carbocycles. The first kappa shape index (κ1) is 11.1. The SMILES string of the molecule is O=C(NCc1cnccn1)Oc1ccccc1. The van der Waals surface area contributed by atoms with Crippen molar-refractivity contribution >= 4 is 6.09 Å². The predicted molar refractivity (Wildman–Crippen MR) is 61.3 cm³/mol.